The molecule has 0 heteroatoms. The van der Waals surface area contributed by atoms with Gasteiger partial charge in [0.2, 0.25) is 0 Å². The first-order chi connectivity index (χ1) is 15.3. The van der Waals surface area contributed by atoms with Gasteiger partial charge >= 0.3 is 0 Å². The highest BCUT2D eigenvalue weighted by Crippen LogP contribution is 2.35. The fraction of sp³-hybridized carbons (Fsp3) is 0.0968. The molecule has 0 saturated carbocycles. The third kappa shape index (κ3) is 4.15. The van der Waals surface area contributed by atoms with Crippen LogP contribution in [0.1, 0.15) is 16.7 Å². The normalized spacial score (nSPS) is 11.0. The van der Waals surface area contributed by atoms with E-state index >= 15 is 0 Å². The number of fused-ring (bicyclic) bond motifs is 1. The molecule has 5 aromatic rings. The van der Waals surface area contributed by atoms with E-state index in [1.807, 2.05) is 0 Å². The first-order valence-electron chi connectivity index (χ1n) is 11.0. The second-order valence-corrected chi connectivity index (χ2v) is 8.26. The Bertz CT molecular complexity index is 1310. The van der Waals surface area contributed by atoms with E-state index in [4.69, 9.17) is 0 Å². The van der Waals surface area contributed by atoms with Crippen LogP contribution in [0.4, 0.5) is 0 Å². The minimum atomic E-state index is 1.02. The Balaban J connectivity index is 1.68. The van der Waals surface area contributed by atoms with Crippen LogP contribution in [0.15, 0.2) is 115 Å². The van der Waals surface area contributed by atoms with E-state index in [-0.39, 0.29) is 0 Å². The maximum Gasteiger partial charge on any atom is -0.00728 e. The lowest BCUT2D eigenvalue weighted by molar-refractivity contribution is 0.970. The Hall–Kier alpha value is -3.64. The first-order valence-corrected chi connectivity index (χ1v) is 11.0. The van der Waals surface area contributed by atoms with Gasteiger partial charge in [-0.15, -0.1) is 0 Å². The molecule has 5 aromatic carbocycles. The van der Waals surface area contributed by atoms with E-state index in [0.29, 0.717) is 0 Å². The van der Waals surface area contributed by atoms with Crippen molar-refractivity contribution in [3.05, 3.63) is 132 Å². The van der Waals surface area contributed by atoms with Gasteiger partial charge < -0.3 is 0 Å². The van der Waals surface area contributed by atoms with E-state index in [2.05, 4.69) is 122 Å². The number of benzene rings is 5. The van der Waals surface area contributed by atoms with Gasteiger partial charge in [-0.25, -0.2) is 0 Å². The molecule has 5 rings (SSSR count). The number of hydrogen-bond acceptors (Lipinski definition) is 0. The lowest BCUT2D eigenvalue weighted by atomic mass is 9.89. The van der Waals surface area contributed by atoms with Crippen molar-refractivity contribution < 1.29 is 0 Å². The van der Waals surface area contributed by atoms with Crippen LogP contribution in [0.25, 0.3) is 33.0 Å². The third-order valence-corrected chi connectivity index (χ3v) is 6.02. The lowest BCUT2D eigenvalue weighted by Crippen LogP contribution is -1.96. The van der Waals surface area contributed by atoms with Gasteiger partial charge in [-0.3, -0.25) is 0 Å². The van der Waals surface area contributed by atoms with Crippen LogP contribution in [0.2, 0.25) is 0 Å². The molecular weight excluding hydrogens is 372 g/mol. The van der Waals surface area contributed by atoms with Crippen molar-refractivity contribution in [3.8, 4) is 22.3 Å². The molecule has 0 aromatic heterocycles. The van der Waals surface area contributed by atoms with Crippen LogP contribution in [-0.4, -0.2) is 0 Å². The fourth-order valence-corrected chi connectivity index (χ4v) is 4.49. The van der Waals surface area contributed by atoms with Crippen LogP contribution in [-0.2, 0) is 12.8 Å². The van der Waals surface area contributed by atoms with Crippen LogP contribution in [0.3, 0.4) is 0 Å². The second kappa shape index (κ2) is 8.62. The minimum Gasteiger partial charge on any atom is -0.0622 e. The number of aryl methyl sites for hydroxylation is 3. The van der Waals surface area contributed by atoms with Crippen molar-refractivity contribution in [1.82, 2.24) is 0 Å². The van der Waals surface area contributed by atoms with Crippen LogP contribution in [0.5, 0.6) is 0 Å². The summed E-state index contributed by atoms with van der Waals surface area (Å²) in [7, 11) is 0. The molecule has 31 heavy (non-hydrogen) atoms. The molecule has 0 bridgehead atoms. The van der Waals surface area contributed by atoms with E-state index in [0.717, 1.165) is 12.8 Å². The molecule has 0 fully saturated rings. The molecule has 0 heterocycles. The summed E-state index contributed by atoms with van der Waals surface area (Å²) in [6.45, 7) is 2.16. The quantitative estimate of drug-likeness (QED) is 0.279. The maximum absolute atomic E-state index is 2.41. The van der Waals surface area contributed by atoms with E-state index in [9.17, 15) is 0 Å². The van der Waals surface area contributed by atoms with Crippen molar-refractivity contribution >= 4 is 10.8 Å². The fourth-order valence-electron chi connectivity index (χ4n) is 4.49. The van der Waals surface area contributed by atoms with Gasteiger partial charge in [0.25, 0.3) is 0 Å². The largest absolute Gasteiger partial charge is 0.0622 e. The molecule has 0 N–H and O–H groups in total. The molecule has 0 atom stereocenters. The summed E-state index contributed by atoms with van der Waals surface area (Å²) in [5, 5.41) is 2.68. The Morgan fingerprint density at radius 1 is 0.516 bits per heavy atom. The summed E-state index contributed by atoms with van der Waals surface area (Å²) in [4.78, 5) is 0. The van der Waals surface area contributed by atoms with Crippen molar-refractivity contribution in [3.63, 3.8) is 0 Å². The van der Waals surface area contributed by atoms with Gasteiger partial charge in [-0.05, 0) is 70.0 Å². The zero-order valence-electron chi connectivity index (χ0n) is 17.9. The highest BCUT2D eigenvalue weighted by Gasteiger charge is 2.12. The van der Waals surface area contributed by atoms with E-state index < -0.39 is 0 Å². The van der Waals surface area contributed by atoms with Gasteiger partial charge in [0.05, 0.1) is 0 Å². The average molecular weight is 399 g/mol. The zero-order chi connectivity index (χ0) is 21.0. The van der Waals surface area contributed by atoms with Gasteiger partial charge in [-0.2, -0.15) is 0 Å². The molecule has 150 valence electrons. The third-order valence-electron chi connectivity index (χ3n) is 6.02. The molecule has 0 radical (unpaired) electrons. The zero-order valence-corrected chi connectivity index (χ0v) is 17.9. The molecule has 0 unspecified atom stereocenters. The first kappa shape index (κ1) is 19.3. The molecule has 0 amide bonds. The van der Waals surface area contributed by atoms with E-state index in [1.165, 1.54) is 49.7 Å². The lowest BCUT2D eigenvalue weighted by Gasteiger charge is -2.15. The van der Waals surface area contributed by atoms with E-state index in [1.54, 1.807) is 0 Å². The van der Waals surface area contributed by atoms with Crippen molar-refractivity contribution in [1.29, 1.82) is 0 Å². The molecule has 0 nitrogen and oxygen atoms in total. The summed E-state index contributed by atoms with van der Waals surface area (Å²) in [6.07, 6.45) is 2.06. The Morgan fingerprint density at radius 3 is 2.00 bits per heavy atom. The Labute approximate surface area is 184 Å². The Morgan fingerprint density at radius 2 is 1.23 bits per heavy atom. The summed E-state index contributed by atoms with van der Waals surface area (Å²) >= 11 is 0. The number of hydrogen-bond donors (Lipinski definition) is 0. The van der Waals surface area contributed by atoms with Crippen molar-refractivity contribution in [2.24, 2.45) is 0 Å². The van der Waals surface area contributed by atoms with Gasteiger partial charge in [0.15, 0.2) is 0 Å². The molecule has 0 saturated heterocycles. The standard InChI is InChI=1S/C31H26/c1-23-10-8-15-26(20-23)29-21-27-16-9-17-30(25-13-6-3-7-14-25)31(27)28(22-29)19-18-24-11-4-2-5-12-24/h2-17,20-22H,18-19H2,1H3. The molecule has 0 aliphatic heterocycles. The highest BCUT2D eigenvalue weighted by molar-refractivity contribution is 6.01. The second-order valence-electron chi connectivity index (χ2n) is 8.26. The topological polar surface area (TPSA) is 0 Å². The summed E-state index contributed by atoms with van der Waals surface area (Å²) in [6, 6.07) is 41.8. The average Bonchev–Trinajstić information content (AvgIpc) is 2.83. The summed E-state index contributed by atoms with van der Waals surface area (Å²) in [5.41, 5.74) is 9.26. The molecule has 0 spiro atoms. The molecular formula is C31H26. The van der Waals surface area contributed by atoms with Crippen molar-refractivity contribution in [2.75, 3.05) is 0 Å². The maximum atomic E-state index is 2.41. The van der Waals surface area contributed by atoms with Gasteiger partial charge in [0.1, 0.15) is 0 Å². The smallest absolute Gasteiger partial charge is 0.00728 e. The van der Waals surface area contributed by atoms with Gasteiger partial charge in [-0.1, -0.05) is 115 Å². The molecule has 0 aliphatic carbocycles. The summed E-state index contributed by atoms with van der Waals surface area (Å²) < 4.78 is 0. The predicted molar refractivity (Wildman–Crippen MR) is 133 cm³/mol. The highest BCUT2D eigenvalue weighted by atomic mass is 14.2. The minimum absolute atomic E-state index is 1.02. The SMILES string of the molecule is Cc1cccc(-c2cc(CCc3ccccc3)c3c(-c4ccccc4)cccc3c2)c1. The molecule has 0 aliphatic rings. The van der Waals surface area contributed by atoms with Crippen LogP contribution in [0, 0.1) is 6.92 Å². The van der Waals surface area contributed by atoms with Crippen molar-refractivity contribution in [2.45, 2.75) is 19.8 Å². The Kier molecular flexibility index (Phi) is 5.37. The van der Waals surface area contributed by atoms with Gasteiger partial charge in [0, 0.05) is 0 Å². The predicted octanol–water partition coefficient (Wildman–Crippen LogP) is 8.27. The monoisotopic (exact) mass is 398 g/mol. The number of rotatable bonds is 5. The summed E-state index contributed by atoms with van der Waals surface area (Å²) in [5.74, 6) is 0. The van der Waals surface area contributed by atoms with Crippen LogP contribution < -0.4 is 0 Å². The van der Waals surface area contributed by atoms with Crippen LogP contribution >= 0.6 is 0 Å².